The van der Waals surface area contributed by atoms with Gasteiger partial charge in [0, 0.05) is 18.8 Å². The smallest absolute Gasteiger partial charge is 0.243 e. The summed E-state index contributed by atoms with van der Waals surface area (Å²) in [6.07, 6.45) is 1.33. The maximum Gasteiger partial charge on any atom is 0.243 e. The van der Waals surface area contributed by atoms with Crippen molar-refractivity contribution in [2.45, 2.75) is 24.7 Å². The maximum atomic E-state index is 12.8. The summed E-state index contributed by atoms with van der Waals surface area (Å²) in [7, 11) is -3.58. The lowest BCUT2D eigenvalue weighted by Crippen LogP contribution is -2.43. The molecule has 1 atom stereocenters. The molecule has 0 bridgehead atoms. The number of nitrogens with zero attached hydrogens (tertiary/aromatic N) is 1. The van der Waals surface area contributed by atoms with E-state index in [2.05, 4.69) is 5.32 Å². The van der Waals surface area contributed by atoms with E-state index in [0.29, 0.717) is 31.7 Å². The molecule has 0 unspecified atom stereocenters. The minimum Gasteiger partial charge on any atom is -0.494 e. The minimum atomic E-state index is -3.58. The van der Waals surface area contributed by atoms with Crippen LogP contribution in [0, 0.1) is 5.92 Å². The van der Waals surface area contributed by atoms with Crippen LogP contribution < -0.4 is 10.1 Å². The van der Waals surface area contributed by atoms with Crippen molar-refractivity contribution < 1.29 is 17.9 Å². The average Bonchev–Trinajstić information content (AvgIpc) is 2.70. The third kappa shape index (κ3) is 4.67. The SMILES string of the molecule is CCOc1ccc(NC(=O)[C@H]2CCCN(S(=O)(=O)c3ccccc3)C2)cc1. The lowest BCUT2D eigenvalue weighted by molar-refractivity contribution is -0.120. The van der Waals surface area contributed by atoms with Crippen molar-refractivity contribution in [3.63, 3.8) is 0 Å². The molecule has 1 aliphatic rings. The summed E-state index contributed by atoms with van der Waals surface area (Å²) in [6, 6.07) is 15.5. The van der Waals surface area contributed by atoms with Gasteiger partial charge in [0.25, 0.3) is 0 Å². The van der Waals surface area contributed by atoms with Crippen molar-refractivity contribution in [3.8, 4) is 5.75 Å². The summed E-state index contributed by atoms with van der Waals surface area (Å²) in [6.45, 7) is 3.12. The molecule has 1 heterocycles. The van der Waals surface area contributed by atoms with Crippen LogP contribution in [0.2, 0.25) is 0 Å². The van der Waals surface area contributed by atoms with E-state index in [1.54, 1.807) is 54.6 Å². The van der Waals surface area contributed by atoms with Crippen molar-refractivity contribution >= 4 is 21.6 Å². The van der Waals surface area contributed by atoms with Gasteiger partial charge in [0.1, 0.15) is 5.75 Å². The number of carbonyl (C=O) groups excluding carboxylic acids is 1. The van der Waals surface area contributed by atoms with Gasteiger partial charge in [-0.05, 0) is 56.2 Å². The van der Waals surface area contributed by atoms with Gasteiger partial charge >= 0.3 is 0 Å². The van der Waals surface area contributed by atoms with Gasteiger partial charge < -0.3 is 10.1 Å². The number of benzene rings is 2. The molecule has 0 spiro atoms. The quantitative estimate of drug-likeness (QED) is 0.825. The molecular formula is C20H24N2O4S. The highest BCUT2D eigenvalue weighted by atomic mass is 32.2. The number of carbonyl (C=O) groups is 1. The number of sulfonamides is 1. The molecule has 6 nitrogen and oxygen atoms in total. The third-order valence-electron chi connectivity index (χ3n) is 4.57. The van der Waals surface area contributed by atoms with Crippen LogP contribution in [0.15, 0.2) is 59.5 Å². The third-order valence-corrected chi connectivity index (χ3v) is 6.45. The van der Waals surface area contributed by atoms with Crippen LogP contribution in [0.5, 0.6) is 5.75 Å². The topological polar surface area (TPSA) is 75.7 Å². The molecule has 1 N–H and O–H groups in total. The fourth-order valence-electron chi connectivity index (χ4n) is 3.16. The molecule has 0 aliphatic carbocycles. The highest BCUT2D eigenvalue weighted by Gasteiger charge is 2.33. The Bertz CT molecular complexity index is 867. The number of nitrogens with one attached hydrogen (secondary N) is 1. The summed E-state index contributed by atoms with van der Waals surface area (Å²) < 4.78 is 32.4. The molecule has 3 rings (SSSR count). The van der Waals surface area contributed by atoms with Gasteiger partial charge in [-0.1, -0.05) is 18.2 Å². The van der Waals surface area contributed by atoms with Crippen LogP contribution in [0.1, 0.15) is 19.8 Å². The lowest BCUT2D eigenvalue weighted by atomic mass is 9.99. The first-order valence-corrected chi connectivity index (χ1v) is 10.5. The van der Waals surface area contributed by atoms with Crippen molar-refractivity contribution in [2.75, 3.05) is 25.0 Å². The molecule has 7 heteroatoms. The van der Waals surface area contributed by atoms with Crippen molar-refractivity contribution in [1.82, 2.24) is 4.31 Å². The molecule has 2 aromatic carbocycles. The molecule has 0 saturated carbocycles. The van der Waals surface area contributed by atoms with Gasteiger partial charge in [0.05, 0.1) is 17.4 Å². The summed E-state index contributed by atoms with van der Waals surface area (Å²) in [5, 5.41) is 2.88. The van der Waals surface area contributed by atoms with E-state index in [1.165, 1.54) is 4.31 Å². The van der Waals surface area contributed by atoms with E-state index in [0.717, 1.165) is 5.75 Å². The van der Waals surface area contributed by atoms with Crippen molar-refractivity contribution in [2.24, 2.45) is 5.92 Å². The number of piperidine rings is 1. The Morgan fingerprint density at radius 1 is 1.15 bits per heavy atom. The van der Waals surface area contributed by atoms with E-state index >= 15 is 0 Å². The van der Waals surface area contributed by atoms with Crippen LogP contribution >= 0.6 is 0 Å². The minimum absolute atomic E-state index is 0.160. The van der Waals surface area contributed by atoms with Gasteiger partial charge in [-0.15, -0.1) is 0 Å². The highest BCUT2D eigenvalue weighted by Crippen LogP contribution is 2.25. The Hall–Kier alpha value is -2.38. The van der Waals surface area contributed by atoms with E-state index < -0.39 is 10.0 Å². The molecule has 0 aromatic heterocycles. The largest absolute Gasteiger partial charge is 0.494 e. The number of hydrogen-bond acceptors (Lipinski definition) is 4. The Balaban J connectivity index is 1.66. The molecule has 1 fully saturated rings. The molecule has 1 aliphatic heterocycles. The second-order valence-corrected chi connectivity index (χ2v) is 8.40. The first-order valence-electron chi connectivity index (χ1n) is 9.09. The van der Waals surface area contributed by atoms with Gasteiger partial charge in [-0.2, -0.15) is 4.31 Å². The Morgan fingerprint density at radius 3 is 2.52 bits per heavy atom. The maximum absolute atomic E-state index is 12.8. The molecule has 144 valence electrons. The van der Waals surface area contributed by atoms with Gasteiger partial charge in [0.15, 0.2) is 0 Å². The zero-order valence-electron chi connectivity index (χ0n) is 15.3. The summed E-state index contributed by atoms with van der Waals surface area (Å²) in [4.78, 5) is 12.9. The van der Waals surface area contributed by atoms with Crippen LogP contribution in [-0.2, 0) is 14.8 Å². The Morgan fingerprint density at radius 2 is 1.85 bits per heavy atom. The standard InChI is InChI=1S/C20H24N2O4S/c1-2-26-18-12-10-17(11-13-18)21-20(23)16-7-6-14-22(15-16)27(24,25)19-8-4-3-5-9-19/h3-5,8-13,16H,2,6-7,14-15H2,1H3,(H,21,23)/t16-/m0/s1. The average molecular weight is 388 g/mol. The molecule has 2 aromatic rings. The zero-order chi connectivity index (χ0) is 19.3. The summed E-state index contributed by atoms with van der Waals surface area (Å²) in [5.74, 6) is 0.212. The molecule has 0 radical (unpaired) electrons. The normalized spacial score (nSPS) is 18.0. The van der Waals surface area contributed by atoms with Gasteiger partial charge in [0.2, 0.25) is 15.9 Å². The molecular weight excluding hydrogens is 364 g/mol. The second kappa shape index (κ2) is 8.54. The lowest BCUT2D eigenvalue weighted by Gasteiger charge is -2.31. The number of hydrogen-bond donors (Lipinski definition) is 1. The van der Waals surface area contributed by atoms with Crippen molar-refractivity contribution in [3.05, 3.63) is 54.6 Å². The van der Waals surface area contributed by atoms with E-state index in [-0.39, 0.29) is 23.3 Å². The van der Waals surface area contributed by atoms with Crippen molar-refractivity contribution in [1.29, 1.82) is 0 Å². The van der Waals surface area contributed by atoms with Crippen LogP contribution in [-0.4, -0.2) is 38.3 Å². The predicted octanol–water partition coefficient (Wildman–Crippen LogP) is 3.12. The van der Waals surface area contributed by atoms with E-state index in [4.69, 9.17) is 4.74 Å². The Kier molecular flexibility index (Phi) is 6.13. The fraction of sp³-hybridized carbons (Fsp3) is 0.350. The first kappa shape index (κ1) is 19.4. The van der Waals surface area contributed by atoms with Gasteiger partial charge in [-0.25, -0.2) is 8.42 Å². The molecule has 1 amide bonds. The molecule has 27 heavy (non-hydrogen) atoms. The highest BCUT2D eigenvalue weighted by molar-refractivity contribution is 7.89. The first-order chi connectivity index (χ1) is 13.0. The summed E-state index contributed by atoms with van der Waals surface area (Å²) >= 11 is 0. The number of amides is 1. The fourth-order valence-corrected chi connectivity index (χ4v) is 4.71. The van der Waals surface area contributed by atoms with Gasteiger partial charge in [-0.3, -0.25) is 4.79 Å². The predicted molar refractivity (Wildman–Crippen MR) is 104 cm³/mol. The zero-order valence-corrected chi connectivity index (χ0v) is 16.1. The number of ether oxygens (including phenoxy) is 1. The van der Waals surface area contributed by atoms with Crippen LogP contribution in [0.4, 0.5) is 5.69 Å². The monoisotopic (exact) mass is 388 g/mol. The number of anilines is 1. The van der Waals surface area contributed by atoms with Crippen LogP contribution in [0.25, 0.3) is 0 Å². The van der Waals surface area contributed by atoms with Crippen LogP contribution in [0.3, 0.4) is 0 Å². The number of rotatable bonds is 6. The second-order valence-electron chi connectivity index (χ2n) is 6.46. The molecule has 1 saturated heterocycles. The van der Waals surface area contributed by atoms with E-state index in [1.807, 2.05) is 6.92 Å². The Labute approximate surface area is 160 Å². The summed E-state index contributed by atoms with van der Waals surface area (Å²) in [5.41, 5.74) is 0.673. The van der Waals surface area contributed by atoms with E-state index in [9.17, 15) is 13.2 Å².